The van der Waals surface area contributed by atoms with E-state index < -0.39 is 17.7 Å². The van der Waals surface area contributed by atoms with E-state index >= 15 is 0 Å². The smallest absolute Gasteiger partial charge is 0.411 e. The average molecular weight is 324 g/mol. The van der Waals surface area contributed by atoms with Gasteiger partial charge in [0, 0.05) is 5.70 Å². The Labute approximate surface area is 138 Å². The van der Waals surface area contributed by atoms with E-state index in [-0.39, 0.29) is 0 Å². The summed E-state index contributed by atoms with van der Waals surface area (Å²) in [4.78, 5) is 23.9. The highest BCUT2D eigenvalue weighted by Gasteiger charge is 2.48. The van der Waals surface area contributed by atoms with Crippen molar-refractivity contribution in [2.75, 3.05) is 13.2 Å². The van der Waals surface area contributed by atoms with E-state index in [1.54, 1.807) is 0 Å². The van der Waals surface area contributed by atoms with Gasteiger partial charge in [-0.25, -0.2) is 9.59 Å². The zero-order valence-electron chi connectivity index (χ0n) is 14.2. The van der Waals surface area contributed by atoms with Crippen LogP contribution in [0, 0.1) is 5.92 Å². The Hall–Kier alpha value is -1.72. The molecule has 2 aliphatic rings. The molecule has 0 spiro atoms. The quantitative estimate of drug-likeness (QED) is 0.670. The first-order chi connectivity index (χ1) is 11.1. The topological polar surface area (TPSA) is 76.7 Å². The molecule has 0 radical (unpaired) electrons. The van der Waals surface area contributed by atoms with Crippen molar-refractivity contribution in [3.63, 3.8) is 0 Å². The van der Waals surface area contributed by atoms with Crippen LogP contribution in [0.1, 0.15) is 58.8 Å². The van der Waals surface area contributed by atoms with E-state index in [1.165, 1.54) is 0 Å². The summed E-state index contributed by atoms with van der Waals surface area (Å²) >= 11 is 0. The van der Waals surface area contributed by atoms with Crippen LogP contribution in [0.15, 0.2) is 11.8 Å². The first-order valence-corrected chi connectivity index (χ1v) is 8.70. The summed E-state index contributed by atoms with van der Waals surface area (Å²) in [6, 6.07) is 0. The van der Waals surface area contributed by atoms with Crippen molar-refractivity contribution in [2.24, 2.45) is 5.92 Å². The normalized spacial score (nSPS) is 25.0. The fourth-order valence-corrected chi connectivity index (χ4v) is 3.20. The molecule has 23 heavy (non-hydrogen) atoms. The van der Waals surface area contributed by atoms with E-state index in [0.717, 1.165) is 50.6 Å². The number of allylic oxidation sites excluding steroid dienone is 1. The van der Waals surface area contributed by atoms with Crippen LogP contribution in [0.3, 0.4) is 0 Å². The summed E-state index contributed by atoms with van der Waals surface area (Å²) in [5.74, 6) is 0.400. The minimum Gasteiger partial charge on any atom is -0.450 e. The van der Waals surface area contributed by atoms with Crippen LogP contribution in [-0.4, -0.2) is 30.9 Å². The number of nitrogens with one attached hydrogen (secondary N) is 2. The molecule has 2 amide bonds. The van der Waals surface area contributed by atoms with Crippen molar-refractivity contribution in [3.8, 4) is 0 Å². The molecule has 0 aromatic heterocycles. The van der Waals surface area contributed by atoms with Crippen LogP contribution in [0.4, 0.5) is 9.59 Å². The maximum absolute atomic E-state index is 12.0. The van der Waals surface area contributed by atoms with Crippen molar-refractivity contribution < 1.29 is 19.1 Å². The summed E-state index contributed by atoms with van der Waals surface area (Å²) in [7, 11) is 0. The third-order valence-electron chi connectivity index (χ3n) is 4.51. The molecule has 2 atom stereocenters. The molecule has 0 aromatic rings. The summed E-state index contributed by atoms with van der Waals surface area (Å²) in [5, 5.41) is 5.78. The Morgan fingerprint density at radius 3 is 2.43 bits per heavy atom. The zero-order chi connectivity index (χ0) is 16.7. The highest BCUT2D eigenvalue weighted by atomic mass is 16.6. The first kappa shape index (κ1) is 17.6. The number of fused-ring (bicyclic) bond motifs is 2. The van der Waals surface area contributed by atoms with Gasteiger partial charge in [-0.2, -0.15) is 0 Å². The number of unbranched alkanes of at least 4 members (excludes halogenated alkanes) is 2. The predicted octanol–water partition coefficient (Wildman–Crippen LogP) is 3.48. The van der Waals surface area contributed by atoms with Gasteiger partial charge in [0.15, 0.2) is 0 Å². The molecule has 0 heterocycles. The van der Waals surface area contributed by atoms with Crippen molar-refractivity contribution in [1.29, 1.82) is 0 Å². The summed E-state index contributed by atoms with van der Waals surface area (Å²) in [5.41, 5.74) is 0.250. The van der Waals surface area contributed by atoms with Crippen LogP contribution < -0.4 is 10.6 Å². The predicted molar refractivity (Wildman–Crippen MR) is 86.9 cm³/mol. The highest BCUT2D eigenvalue weighted by Crippen LogP contribution is 2.46. The van der Waals surface area contributed by atoms with Crippen molar-refractivity contribution in [2.45, 2.75) is 64.3 Å². The van der Waals surface area contributed by atoms with Crippen LogP contribution >= 0.6 is 0 Å². The lowest BCUT2D eigenvalue weighted by molar-refractivity contribution is 0.131. The fraction of sp³-hybridized carbons (Fsp3) is 0.765. The van der Waals surface area contributed by atoms with Gasteiger partial charge in [-0.15, -0.1) is 0 Å². The lowest BCUT2D eigenvalue weighted by atomic mass is 9.95. The summed E-state index contributed by atoms with van der Waals surface area (Å²) in [6.07, 6.45) is 7.51. The van der Waals surface area contributed by atoms with E-state index in [2.05, 4.69) is 10.6 Å². The molecule has 0 saturated heterocycles. The van der Waals surface area contributed by atoms with Gasteiger partial charge in [-0.05, 0) is 38.0 Å². The largest absolute Gasteiger partial charge is 0.450 e. The Morgan fingerprint density at radius 1 is 1.17 bits per heavy atom. The molecule has 2 aliphatic carbocycles. The molecule has 2 bridgehead atoms. The number of carbonyl (C=O) groups is 2. The summed E-state index contributed by atoms with van der Waals surface area (Å²) in [6.45, 7) is 4.93. The monoisotopic (exact) mass is 324 g/mol. The number of amides is 2. The Morgan fingerprint density at radius 2 is 1.83 bits per heavy atom. The first-order valence-electron chi connectivity index (χ1n) is 8.70. The third kappa shape index (κ3) is 4.62. The molecule has 0 aliphatic heterocycles. The maximum atomic E-state index is 12.0. The highest BCUT2D eigenvalue weighted by molar-refractivity contribution is 5.73. The van der Waals surface area contributed by atoms with E-state index in [4.69, 9.17) is 9.47 Å². The molecule has 130 valence electrons. The number of ether oxygens (including phenoxy) is 2. The Balaban J connectivity index is 1.88. The maximum Gasteiger partial charge on any atom is 0.411 e. The molecule has 0 aromatic carbocycles. The number of carbonyl (C=O) groups excluding carboxylic acids is 2. The number of rotatable bonds is 8. The SMILES string of the molecule is CCCCOC(=O)NC1=CC2CCC1(NC(=O)OCCCC)C2. The molecule has 2 rings (SSSR count). The van der Waals surface area contributed by atoms with Gasteiger partial charge in [-0.3, -0.25) is 5.32 Å². The van der Waals surface area contributed by atoms with Gasteiger partial charge < -0.3 is 14.8 Å². The Bertz CT molecular complexity index is 464. The standard InChI is InChI=1S/C17H28N2O4/c1-3-5-9-22-15(20)18-14-11-13-7-8-17(14,12-13)19-16(21)23-10-6-4-2/h11,13H,3-10,12H2,1-2H3,(H,18,20)(H,19,21). The van der Waals surface area contributed by atoms with E-state index in [0.29, 0.717) is 19.1 Å². The van der Waals surface area contributed by atoms with Gasteiger partial charge in [0.25, 0.3) is 0 Å². The lowest BCUT2D eigenvalue weighted by Crippen LogP contribution is -2.51. The second kappa shape index (κ2) is 8.22. The van der Waals surface area contributed by atoms with E-state index in [1.807, 2.05) is 19.9 Å². The molecular weight excluding hydrogens is 296 g/mol. The molecule has 2 unspecified atom stereocenters. The lowest BCUT2D eigenvalue weighted by Gasteiger charge is -2.31. The van der Waals surface area contributed by atoms with Crippen LogP contribution in [-0.2, 0) is 9.47 Å². The Kier molecular flexibility index (Phi) is 6.30. The van der Waals surface area contributed by atoms with Crippen molar-refractivity contribution >= 4 is 12.2 Å². The van der Waals surface area contributed by atoms with Crippen LogP contribution in [0.25, 0.3) is 0 Å². The van der Waals surface area contributed by atoms with Gasteiger partial charge >= 0.3 is 12.2 Å². The van der Waals surface area contributed by atoms with Crippen molar-refractivity contribution in [1.82, 2.24) is 10.6 Å². The zero-order valence-corrected chi connectivity index (χ0v) is 14.2. The molecule has 6 nitrogen and oxygen atoms in total. The molecule has 2 N–H and O–H groups in total. The third-order valence-corrected chi connectivity index (χ3v) is 4.51. The molecular formula is C17H28N2O4. The second-order valence-electron chi connectivity index (χ2n) is 6.39. The summed E-state index contributed by atoms with van der Waals surface area (Å²) < 4.78 is 10.3. The molecule has 1 fully saturated rings. The van der Waals surface area contributed by atoms with Crippen LogP contribution in [0.2, 0.25) is 0 Å². The number of hydrogen-bond donors (Lipinski definition) is 2. The van der Waals surface area contributed by atoms with Gasteiger partial charge in [-0.1, -0.05) is 32.8 Å². The second-order valence-corrected chi connectivity index (χ2v) is 6.39. The number of alkyl carbamates (subject to hydrolysis) is 2. The van der Waals surface area contributed by atoms with Gasteiger partial charge in [0.2, 0.25) is 0 Å². The van der Waals surface area contributed by atoms with Crippen molar-refractivity contribution in [3.05, 3.63) is 11.8 Å². The molecule has 1 saturated carbocycles. The van der Waals surface area contributed by atoms with Crippen LogP contribution in [0.5, 0.6) is 0 Å². The van der Waals surface area contributed by atoms with Gasteiger partial charge in [0.1, 0.15) is 0 Å². The van der Waals surface area contributed by atoms with Gasteiger partial charge in [0.05, 0.1) is 18.8 Å². The minimum atomic E-state index is -0.502. The number of hydrogen-bond acceptors (Lipinski definition) is 4. The minimum absolute atomic E-state index is 0.400. The fourth-order valence-electron chi connectivity index (χ4n) is 3.20. The molecule has 6 heteroatoms. The van der Waals surface area contributed by atoms with E-state index in [9.17, 15) is 9.59 Å². The average Bonchev–Trinajstić information content (AvgIpc) is 3.05.